The number of carbonyl (C=O) groups excluding carboxylic acids is 1. The van der Waals surface area contributed by atoms with Crippen LogP contribution in [0.25, 0.3) is 16.9 Å². The SMILES string of the molecule is N#C[C@H](Cc1ccc(-n2cc(-c3ccc(O)nc3)nn2)cc1)NC(=O)[C@H]1N[C@@H]2CC[C@H]1C2. The number of nitrogens with one attached hydrogen (secondary N) is 2. The van der Waals surface area contributed by atoms with Gasteiger partial charge in [-0.15, -0.1) is 5.10 Å². The average Bonchev–Trinajstić information content (AvgIpc) is 3.57. The molecule has 2 aliphatic rings. The molecule has 9 nitrogen and oxygen atoms in total. The lowest BCUT2D eigenvalue weighted by molar-refractivity contribution is -0.124. The zero-order chi connectivity index (χ0) is 22.1. The van der Waals surface area contributed by atoms with Gasteiger partial charge in [0.2, 0.25) is 11.8 Å². The Morgan fingerprint density at radius 2 is 2.12 bits per heavy atom. The van der Waals surface area contributed by atoms with Crippen molar-refractivity contribution < 1.29 is 9.90 Å². The first-order valence-corrected chi connectivity index (χ1v) is 10.7. The van der Waals surface area contributed by atoms with Gasteiger partial charge in [-0.1, -0.05) is 17.3 Å². The highest BCUT2D eigenvalue weighted by Crippen LogP contribution is 2.35. The fourth-order valence-corrected chi connectivity index (χ4v) is 4.62. The molecule has 3 heterocycles. The van der Waals surface area contributed by atoms with Crippen molar-refractivity contribution in [1.82, 2.24) is 30.6 Å². The Morgan fingerprint density at radius 3 is 2.78 bits per heavy atom. The van der Waals surface area contributed by atoms with E-state index >= 15 is 0 Å². The van der Waals surface area contributed by atoms with Crippen molar-refractivity contribution in [3.8, 4) is 28.9 Å². The second-order valence-electron chi connectivity index (χ2n) is 8.43. The number of piperidine rings is 1. The van der Waals surface area contributed by atoms with Gasteiger partial charge in [0.1, 0.15) is 11.7 Å². The van der Waals surface area contributed by atoms with Crippen LogP contribution in [0.2, 0.25) is 0 Å². The van der Waals surface area contributed by atoms with Crippen LogP contribution in [0.4, 0.5) is 0 Å². The number of nitriles is 1. The fraction of sp³-hybridized carbons (Fsp3) is 0.348. The van der Waals surface area contributed by atoms with Crippen LogP contribution in [0.1, 0.15) is 24.8 Å². The Bertz CT molecular complexity index is 1150. The number of aromatic hydroxyl groups is 1. The number of rotatable bonds is 6. The van der Waals surface area contributed by atoms with Gasteiger partial charge in [0.05, 0.1) is 24.0 Å². The van der Waals surface area contributed by atoms with Crippen LogP contribution in [-0.4, -0.2) is 49.1 Å². The van der Waals surface area contributed by atoms with E-state index in [0.29, 0.717) is 24.1 Å². The molecule has 1 saturated carbocycles. The summed E-state index contributed by atoms with van der Waals surface area (Å²) in [6.07, 6.45) is 7.04. The minimum absolute atomic E-state index is 0.0460. The van der Waals surface area contributed by atoms with Crippen LogP contribution < -0.4 is 10.6 Å². The maximum absolute atomic E-state index is 12.6. The van der Waals surface area contributed by atoms with Gasteiger partial charge in [0.15, 0.2) is 0 Å². The van der Waals surface area contributed by atoms with E-state index in [9.17, 15) is 15.2 Å². The van der Waals surface area contributed by atoms with Crippen LogP contribution in [-0.2, 0) is 11.2 Å². The number of hydrogen-bond acceptors (Lipinski definition) is 7. The van der Waals surface area contributed by atoms with Crippen molar-refractivity contribution in [1.29, 1.82) is 5.26 Å². The molecular weight excluding hydrogens is 406 g/mol. The number of fused-ring (bicyclic) bond motifs is 2. The van der Waals surface area contributed by atoms with Crippen molar-refractivity contribution in [2.75, 3.05) is 0 Å². The van der Waals surface area contributed by atoms with E-state index in [-0.39, 0.29) is 17.8 Å². The van der Waals surface area contributed by atoms with Gasteiger partial charge in [0.25, 0.3) is 0 Å². The van der Waals surface area contributed by atoms with Gasteiger partial charge in [-0.2, -0.15) is 5.26 Å². The summed E-state index contributed by atoms with van der Waals surface area (Å²) in [5.74, 6) is 0.276. The standard InChI is InChI=1S/C23H23N7O2/c24-11-18(27-23(32)22-15-3-5-17(10-15)26-22)9-14-1-6-19(7-2-14)30-13-20(28-29-30)16-4-8-21(31)25-12-16/h1-2,4,6-8,12-13,15,17-18,22,26H,3,5,9-10H2,(H,25,31)(H,27,32)/t15-,17+,18-,22-/m0/s1. The summed E-state index contributed by atoms with van der Waals surface area (Å²) in [6.45, 7) is 0. The summed E-state index contributed by atoms with van der Waals surface area (Å²) in [6, 6.07) is 12.8. The summed E-state index contributed by atoms with van der Waals surface area (Å²) in [7, 11) is 0. The van der Waals surface area contributed by atoms with Crippen LogP contribution in [0.15, 0.2) is 48.8 Å². The van der Waals surface area contributed by atoms with Gasteiger partial charge in [-0.3, -0.25) is 4.79 Å². The molecule has 0 spiro atoms. The van der Waals surface area contributed by atoms with E-state index in [1.165, 1.54) is 12.3 Å². The summed E-state index contributed by atoms with van der Waals surface area (Å²) in [5.41, 5.74) is 3.17. The van der Waals surface area contributed by atoms with Crippen molar-refractivity contribution in [3.63, 3.8) is 0 Å². The molecule has 3 N–H and O–H groups in total. The predicted octanol–water partition coefficient (Wildman–Crippen LogP) is 1.73. The molecule has 2 fully saturated rings. The first kappa shape index (κ1) is 20.2. The van der Waals surface area contributed by atoms with E-state index in [2.05, 4.69) is 32.0 Å². The van der Waals surface area contributed by atoms with Crippen molar-refractivity contribution in [2.24, 2.45) is 5.92 Å². The number of amides is 1. The number of hydrogen-bond donors (Lipinski definition) is 3. The summed E-state index contributed by atoms with van der Waals surface area (Å²) >= 11 is 0. The molecule has 162 valence electrons. The molecule has 32 heavy (non-hydrogen) atoms. The molecule has 1 aromatic carbocycles. The Hall–Kier alpha value is -3.77. The highest BCUT2D eigenvalue weighted by Gasteiger charge is 2.43. The molecule has 5 rings (SSSR count). The maximum Gasteiger partial charge on any atom is 0.238 e. The molecule has 0 unspecified atom stereocenters. The first-order valence-electron chi connectivity index (χ1n) is 10.7. The van der Waals surface area contributed by atoms with Gasteiger partial charge in [0, 0.05) is 30.3 Å². The third-order valence-corrected chi connectivity index (χ3v) is 6.29. The molecule has 1 aliphatic heterocycles. The van der Waals surface area contributed by atoms with Gasteiger partial charge in [-0.05, 0) is 48.9 Å². The molecule has 4 atom stereocenters. The Kier molecular flexibility index (Phi) is 5.29. The van der Waals surface area contributed by atoms with Crippen molar-refractivity contribution in [2.45, 2.75) is 43.8 Å². The summed E-state index contributed by atoms with van der Waals surface area (Å²) in [5, 5.41) is 33.4. The average molecular weight is 429 g/mol. The highest BCUT2D eigenvalue weighted by atomic mass is 16.3. The third kappa shape index (κ3) is 4.05. The van der Waals surface area contributed by atoms with E-state index < -0.39 is 6.04 Å². The predicted molar refractivity (Wildman–Crippen MR) is 116 cm³/mol. The van der Waals surface area contributed by atoms with Crippen LogP contribution >= 0.6 is 0 Å². The highest BCUT2D eigenvalue weighted by molar-refractivity contribution is 5.83. The summed E-state index contributed by atoms with van der Waals surface area (Å²) in [4.78, 5) is 16.5. The minimum Gasteiger partial charge on any atom is -0.493 e. The lowest BCUT2D eigenvalue weighted by atomic mass is 9.98. The number of benzene rings is 1. The van der Waals surface area contributed by atoms with E-state index in [4.69, 9.17) is 0 Å². The second kappa shape index (κ2) is 8.40. The number of carbonyl (C=O) groups is 1. The lowest BCUT2D eigenvalue weighted by Gasteiger charge is -2.23. The second-order valence-corrected chi connectivity index (χ2v) is 8.43. The molecule has 1 aliphatic carbocycles. The zero-order valence-corrected chi connectivity index (χ0v) is 17.3. The van der Waals surface area contributed by atoms with Gasteiger partial charge in [-0.25, -0.2) is 9.67 Å². The van der Waals surface area contributed by atoms with Crippen LogP contribution in [0.5, 0.6) is 5.88 Å². The molecule has 0 radical (unpaired) electrons. The summed E-state index contributed by atoms with van der Waals surface area (Å²) < 4.78 is 1.65. The Labute approximate surface area is 185 Å². The molecule has 1 amide bonds. The monoisotopic (exact) mass is 429 g/mol. The topological polar surface area (TPSA) is 129 Å². The Balaban J connectivity index is 1.22. The molecular formula is C23H23N7O2. The smallest absolute Gasteiger partial charge is 0.238 e. The zero-order valence-electron chi connectivity index (χ0n) is 17.3. The first-order chi connectivity index (χ1) is 15.6. The number of aromatic nitrogens is 4. The molecule has 1 saturated heterocycles. The van der Waals surface area contributed by atoms with E-state index in [1.54, 1.807) is 16.9 Å². The lowest BCUT2D eigenvalue weighted by Crippen LogP contribution is -2.50. The van der Waals surface area contributed by atoms with Crippen LogP contribution in [0.3, 0.4) is 0 Å². The third-order valence-electron chi connectivity index (χ3n) is 6.29. The molecule has 9 heteroatoms. The molecule has 2 aromatic heterocycles. The largest absolute Gasteiger partial charge is 0.493 e. The quantitative estimate of drug-likeness (QED) is 0.544. The molecule has 3 aromatic rings. The van der Waals surface area contributed by atoms with Gasteiger partial charge < -0.3 is 15.7 Å². The van der Waals surface area contributed by atoms with E-state index in [0.717, 1.165) is 36.1 Å². The number of pyridine rings is 1. The van der Waals surface area contributed by atoms with E-state index in [1.807, 2.05) is 24.3 Å². The Morgan fingerprint density at radius 1 is 1.28 bits per heavy atom. The van der Waals surface area contributed by atoms with Gasteiger partial charge >= 0.3 is 0 Å². The van der Waals surface area contributed by atoms with Crippen LogP contribution in [0, 0.1) is 17.2 Å². The molecule has 2 bridgehead atoms. The van der Waals surface area contributed by atoms with Crippen molar-refractivity contribution in [3.05, 3.63) is 54.4 Å². The number of nitrogens with zero attached hydrogens (tertiary/aromatic N) is 5. The minimum atomic E-state index is -0.575. The van der Waals surface area contributed by atoms with Crippen molar-refractivity contribution >= 4 is 5.91 Å². The fourth-order valence-electron chi connectivity index (χ4n) is 4.62. The normalized spacial score (nSPS) is 22.4. The maximum atomic E-state index is 12.6.